The minimum absolute atomic E-state index is 0.150. The first-order chi connectivity index (χ1) is 6.11. The molecule has 1 unspecified atom stereocenters. The van der Waals surface area contributed by atoms with Gasteiger partial charge in [-0.2, -0.15) is 0 Å². The molecule has 0 bridgehead atoms. The summed E-state index contributed by atoms with van der Waals surface area (Å²) in [6, 6.07) is 0. The van der Waals surface area contributed by atoms with Crippen LogP contribution in [0.15, 0.2) is 12.5 Å². The van der Waals surface area contributed by atoms with Crippen molar-refractivity contribution in [1.29, 1.82) is 0 Å². The first-order valence-electron chi connectivity index (χ1n) is 3.59. The number of hydrogen-bond donors (Lipinski definition) is 2. The molecule has 1 rings (SSSR count). The fraction of sp³-hybridized carbons (Fsp3) is 0.429. The van der Waals surface area contributed by atoms with Crippen LogP contribution in [0.3, 0.4) is 0 Å². The summed E-state index contributed by atoms with van der Waals surface area (Å²) in [5.41, 5.74) is 0.150. The minimum atomic E-state index is -2.70. The van der Waals surface area contributed by atoms with Gasteiger partial charge in [-0.3, -0.25) is 4.79 Å². The van der Waals surface area contributed by atoms with Crippen molar-refractivity contribution in [2.45, 2.75) is 18.8 Å². The summed E-state index contributed by atoms with van der Waals surface area (Å²) < 4.78 is 24.6. The number of hydrogen-bond acceptors (Lipinski definition) is 2. The molecule has 0 aromatic carbocycles. The van der Waals surface area contributed by atoms with Crippen molar-refractivity contribution in [3.05, 3.63) is 18.2 Å². The molecule has 1 aromatic rings. The molecule has 2 N–H and O–H groups in total. The largest absolute Gasteiger partial charge is 0.481 e. The number of alkyl halides is 2. The molecular weight excluding hydrogens is 182 g/mol. The number of carboxylic acids is 1. The monoisotopic (exact) mass is 190 g/mol. The third-order valence-electron chi connectivity index (χ3n) is 1.62. The van der Waals surface area contributed by atoms with E-state index < -0.39 is 24.7 Å². The van der Waals surface area contributed by atoms with E-state index in [1.165, 1.54) is 12.5 Å². The SMILES string of the molecule is O=C(O)CC(c1cnc[nH]1)C(F)F. The zero-order valence-corrected chi connectivity index (χ0v) is 6.58. The quantitative estimate of drug-likeness (QED) is 0.750. The highest BCUT2D eigenvalue weighted by atomic mass is 19.3. The Morgan fingerprint density at radius 1 is 1.69 bits per heavy atom. The Kier molecular flexibility index (Phi) is 2.94. The molecule has 6 heteroatoms. The molecule has 0 aliphatic carbocycles. The Bertz CT molecular complexity index is 274. The number of aromatic amines is 1. The molecule has 1 aromatic heterocycles. The number of carboxylic acid groups (broad SMARTS) is 1. The Labute approximate surface area is 72.6 Å². The van der Waals surface area contributed by atoms with E-state index in [0.717, 1.165) is 0 Å². The van der Waals surface area contributed by atoms with Crippen LogP contribution in [0.5, 0.6) is 0 Å². The van der Waals surface area contributed by atoms with Crippen molar-refractivity contribution >= 4 is 5.97 Å². The van der Waals surface area contributed by atoms with Crippen molar-refractivity contribution in [3.63, 3.8) is 0 Å². The molecule has 0 spiro atoms. The van der Waals surface area contributed by atoms with Crippen LogP contribution in [-0.4, -0.2) is 27.5 Å². The van der Waals surface area contributed by atoms with Gasteiger partial charge in [-0.1, -0.05) is 0 Å². The Hall–Kier alpha value is -1.46. The van der Waals surface area contributed by atoms with E-state index >= 15 is 0 Å². The van der Waals surface area contributed by atoms with E-state index in [-0.39, 0.29) is 5.69 Å². The molecule has 0 fully saturated rings. The zero-order valence-electron chi connectivity index (χ0n) is 6.58. The molecule has 72 valence electrons. The number of H-pyrrole nitrogens is 1. The Balaban J connectivity index is 2.74. The van der Waals surface area contributed by atoms with Crippen LogP contribution in [0.2, 0.25) is 0 Å². The molecule has 0 aliphatic rings. The van der Waals surface area contributed by atoms with Crippen LogP contribution in [-0.2, 0) is 4.79 Å². The maximum Gasteiger partial charge on any atom is 0.304 e. The Morgan fingerprint density at radius 3 is 2.77 bits per heavy atom. The van der Waals surface area contributed by atoms with Gasteiger partial charge in [0.25, 0.3) is 0 Å². The number of aliphatic carboxylic acids is 1. The standard InChI is InChI=1S/C7H8F2N2O2/c8-7(9)4(1-6(12)13)5-2-10-3-11-5/h2-4,7H,1H2,(H,10,11)(H,12,13). The summed E-state index contributed by atoms with van der Waals surface area (Å²) in [7, 11) is 0. The molecule has 1 heterocycles. The summed E-state index contributed by atoms with van der Waals surface area (Å²) in [6.45, 7) is 0. The lowest BCUT2D eigenvalue weighted by Gasteiger charge is -2.10. The van der Waals surface area contributed by atoms with Gasteiger partial charge in [-0.15, -0.1) is 0 Å². The number of nitrogens with one attached hydrogen (secondary N) is 1. The highest BCUT2D eigenvalue weighted by molar-refractivity contribution is 5.67. The average molecular weight is 190 g/mol. The fourth-order valence-corrected chi connectivity index (χ4v) is 0.992. The number of carbonyl (C=O) groups is 1. The predicted molar refractivity (Wildman–Crippen MR) is 39.6 cm³/mol. The van der Waals surface area contributed by atoms with Gasteiger partial charge < -0.3 is 10.1 Å². The Morgan fingerprint density at radius 2 is 2.38 bits per heavy atom. The van der Waals surface area contributed by atoms with Gasteiger partial charge in [-0.05, 0) is 0 Å². The lowest BCUT2D eigenvalue weighted by Crippen LogP contribution is -2.14. The van der Waals surface area contributed by atoms with Crippen molar-refractivity contribution in [2.24, 2.45) is 0 Å². The molecule has 4 nitrogen and oxygen atoms in total. The van der Waals surface area contributed by atoms with Crippen molar-refractivity contribution in [3.8, 4) is 0 Å². The second-order valence-electron chi connectivity index (χ2n) is 2.55. The van der Waals surface area contributed by atoms with Crippen LogP contribution < -0.4 is 0 Å². The molecule has 0 aliphatic heterocycles. The highest BCUT2D eigenvalue weighted by Gasteiger charge is 2.26. The second-order valence-corrected chi connectivity index (χ2v) is 2.55. The summed E-state index contributed by atoms with van der Waals surface area (Å²) in [4.78, 5) is 16.3. The van der Waals surface area contributed by atoms with Crippen molar-refractivity contribution in [1.82, 2.24) is 9.97 Å². The lowest BCUT2D eigenvalue weighted by molar-refractivity contribution is -0.138. The van der Waals surface area contributed by atoms with Gasteiger partial charge >= 0.3 is 5.97 Å². The fourth-order valence-electron chi connectivity index (χ4n) is 0.992. The summed E-state index contributed by atoms with van der Waals surface area (Å²) in [5, 5.41) is 8.36. The number of nitrogens with zero attached hydrogens (tertiary/aromatic N) is 1. The van der Waals surface area contributed by atoms with E-state index in [0.29, 0.717) is 0 Å². The van der Waals surface area contributed by atoms with E-state index in [9.17, 15) is 13.6 Å². The smallest absolute Gasteiger partial charge is 0.304 e. The first-order valence-corrected chi connectivity index (χ1v) is 3.59. The topological polar surface area (TPSA) is 66.0 Å². The second kappa shape index (κ2) is 3.97. The number of aromatic nitrogens is 2. The van der Waals surface area contributed by atoms with Gasteiger partial charge in [0.1, 0.15) is 0 Å². The van der Waals surface area contributed by atoms with Crippen LogP contribution >= 0.6 is 0 Å². The molecule has 0 radical (unpaired) electrons. The van der Waals surface area contributed by atoms with Gasteiger partial charge in [0, 0.05) is 11.9 Å². The van der Waals surface area contributed by atoms with Gasteiger partial charge in [0.05, 0.1) is 18.7 Å². The third-order valence-corrected chi connectivity index (χ3v) is 1.62. The molecular formula is C7H8F2N2O2. The lowest BCUT2D eigenvalue weighted by atomic mass is 10.0. The first kappa shape index (κ1) is 9.63. The molecule has 0 amide bonds. The number of imidazole rings is 1. The van der Waals surface area contributed by atoms with Crippen LogP contribution in [0.25, 0.3) is 0 Å². The van der Waals surface area contributed by atoms with Crippen molar-refractivity contribution < 1.29 is 18.7 Å². The molecule has 1 atom stereocenters. The summed E-state index contributed by atoms with van der Waals surface area (Å²) in [6.07, 6.45) is -0.844. The molecule has 0 saturated heterocycles. The highest BCUT2D eigenvalue weighted by Crippen LogP contribution is 2.24. The molecule has 13 heavy (non-hydrogen) atoms. The predicted octanol–water partition coefficient (Wildman–Crippen LogP) is 1.23. The van der Waals surface area contributed by atoms with Crippen LogP contribution in [0, 0.1) is 0 Å². The average Bonchev–Trinajstić information content (AvgIpc) is 2.50. The van der Waals surface area contributed by atoms with Gasteiger partial charge in [-0.25, -0.2) is 13.8 Å². The maximum atomic E-state index is 12.3. The normalized spacial score (nSPS) is 13.2. The van der Waals surface area contributed by atoms with Crippen LogP contribution in [0.4, 0.5) is 8.78 Å². The van der Waals surface area contributed by atoms with E-state index in [4.69, 9.17) is 5.11 Å². The van der Waals surface area contributed by atoms with Crippen molar-refractivity contribution in [2.75, 3.05) is 0 Å². The zero-order chi connectivity index (χ0) is 9.84. The number of halogens is 2. The summed E-state index contributed by atoms with van der Waals surface area (Å²) in [5.74, 6) is -2.56. The summed E-state index contributed by atoms with van der Waals surface area (Å²) >= 11 is 0. The minimum Gasteiger partial charge on any atom is -0.481 e. The van der Waals surface area contributed by atoms with Gasteiger partial charge in [0.2, 0.25) is 6.43 Å². The van der Waals surface area contributed by atoms with E-state index in [1.807, 2.05) is 0 Å². The van der Waals surface area contributed by atoms with Gasteiger partial charge in [0.15, 0.2) is 0 Å². The van der Waals surface area contributed by atoms with E-state index in [2.05, 4.69) is 9.97 Å². The molecule has 0 saturated carbocycles. The third kappa shape index (κ3) is 2.50. The van der Waals surface area contributed by atoms with E-state index in [1.54, 1.807) is 0 Å². The van der Waals surface area contributed by atoms with Crippen LogP contribution in [0.1, 0.15) is 18.0 Å². The number of rotatable bonds is 4. The maximum absolute atomic E-state index is 12.3.